The van der Waals surface area contributed by atoms with E-state index in [-0.39, 0.29) is 12.0 Å². The Labute approximate surface area is 175 Å². The van der Waals surface area contributed by atoms with Gasteiger partial charge in [-0.3, -0.25) is 9.69 Å². The zero-order valence-electron chi connectivity index (χ0n) is 18.6. The summed E-state index contributed by atoms with van der Waals surface area (Å²) >= 11 is 0. The topological polar surface area (TPSA) is 69.2 Å². The Kier molecular flexibility index (Phi) is 9.25. The summed E-state index contributed by atoms with van der Waals surface area (Å²) in [6.45, 7) is 9.90. The lowest BCUT2D eigenvalue weighted by atomic mass is 10.1. The number of para-hydroxylation sites is 1. The minimum atomic E-state index is -0.00884. The minimum Gasteiger partial charge on any atom is -0.489 e. The van der Waals surface area contributed by atoms with Crippen LogP contribution in [0.1, 0.15) is 32.3 Å². The molecule has 29 heavy (non-hydrogen) atoms. The standard InChI is InChI=1S/C22H37N5O2/c1-6-23-22(24-15-18(3)29-20-10-8-7-9-17(20)2)25-19-11-13-27(14-12-19)16-21(28)26(4)5/h7-10,18-19H,6,11-16H2,1-5H3,(H2,23,24,25). The van der Waals surface area contributed by atoms with E-state index in [1.807, 2.05) is 25.1 Å². The molecular weight excluding hydrogens is 366 g/mol. The number of benzene rings is 1. The number of amides is 1. The summed E-state index contributed by atoms with van der Waals surface area (Å²) in [5.74, 6) is 1.90. The molecule has 1 aliphatic rings. The van der Waals surface area contributed by atoms with Crippen LogP contribution in [0.25, 0.3) is 0 Å². The van der Waals surface area contributed by atoms with Crippen molar-refractivity contribution in [3.8, 4) is 5.75 Å². The van der Waals surface area contributed by atoms with Gasteiger partial charge in [0, 0.05) is 39.8 Å². The normalized spacial score (nSPS) is 16.9. The number of hydrogen-bond donors (Lipinski definition) is 2. The molecule has 1 saturated heterocycles. The van der Waals surface area contributed by atoms with E-state index in [1.165, 1.54) is 0 Å². The second-order valence-electron chi connectivity index (χ2n) is 7.90. The van der Waals surface area contributed by atoms with Gasteiger partial charge in [0.05, 0.1) is 13.1 Å². The first-order valence-electron chi connectivity index (χ1n) is 10.6. The van der Waals surface area contributed by atoms with Crippen molar-refractivity contribution < 1.29 is 9.53 Å². The van der Waals surface area contributed by atoms with Gasteiger partial charge in [0.1, 0.15) is 11.9 Å². The van der Waals surface area contributed by atoms with E-state index < -0.39 is 0 Å². The van der Waals surface area contributed by atoms with Crippen LogP contribution >= 0.6 is 0 Å². The highest BCUT2D eigenvalue weighted by molar-refractivity contribution is 5.80. The van der Waals surface area contributed by atoms with E-state index in [4.69, 9.17) is 9.73 Å². The molecule has 1 aromatic carbocycles. The SMILES string of the molecule is CCNC(=NCC(C)Oc1ccccc1C)NC1CCN(CC(=O)N(C)C)CC1. The van der Waals surface area contributed by atoms with Gasteiger partial charge in [-0.2, -0.15) is 0 Å². The van der Waals surface area contributed by atoms with Crippen LogP contribution in [0.4, 0.5) is 0 Å². The van der Waals surface area contributed by atoms with Crippen molar-refractivity contribution in [1.82, 2.24) is 20.4 Å². The Hall–Kier alpha value is -2.28. The van der Waals surface area contributed by atoms with Gasteiger partial charge in [0.2, 0.25) is 5.91 Å². The molecule has 0 aliphatic carbocycles. The molecule has 0 bridgehead atoms. The third-order valence-electron chi connectivity index (χ3n) is 5.06. The number of hydrogen-bond acceptors (Lipinski definition) is 4. The van der Waals surface area contributed by atoms with Gasteiger partial charge in [0.25, 0.3) is 0 Å². The van der Waals surface area contributed by atoms with E-state index >= 15 is 0 Å². The van der Waals surface area contributed by atoms with Gasteiger partial charge < -0.3 is 20.3 Å². The molecule has 0 saturated carbocycles. The summed E-state index contributed by atoms with van der Waals surface area (Å²) in [5, 5.41) is 6.87. The van der Waals surface area contributed by atoms with Crippen molar-refractivity contribution in [1.29, 1.82) is 0 Å². The number of carbonyl (C=O) groups excluding carboxylic acids is 1. The maximum atomic E-state index is 11.9. The van der Waals surface area contributed by atoms with Gasteiger partial charge in [0.15, 0.2) is 5.96 Å². The number of nitrogens with zero attached hydrogens (tertiary/aromatic N) is 3. The minimum absolute atomic E-state index is 0.00884. The molecule has 1 aliphatic heterocycles. The summed E-state index contributed by atoms with van der Waals surface area (Å²) in [6.07, 6.45) is 1.99. The van der Waals surface area contributed by atoms with Crippen LogP contribution in [-0.2, 0) is 4.79 Å². The van der Waals surface area contributed by atoms with E-state index in [9.17, 15) is 4.79 Å². The summed E-state index contributed by atoms with van der Waals surface area (Å²) in [7, 11) is 3.61. The fraction of sp³-hybridized carbons (Fsp3) is 0.636. The smallest absolute Gasteiger partial charge is 0.236 e. The Balaban J connectivity index is 1.82. The highest BCUT2D eigenvalue weighted by Gasteiger charge is 2.22. The summed E-state index contributed by atoms with van der Waals surface area (Å²) < 4.78 is 6.03. The first-order valence-corrected chi connectivity index (χ1v) is 10.6. The van der Waals surface area contributed by atoms with Crippen molar-refractivity contribution in [3.63, 3.8) is 0 Å². The van der Waals surface area contributed by atoms with E-state index in [0.29, 0.717) is 19.1 Å². The molecule has 1 unspecified atom stereocenters. The number of carbonyl (C=O) groups is 1. The number of likely N-dealkylation sites (tertiary alicyclic amines) is 1. The van der Waals surface area contributed by atoms with E-state index in [2.05, 4.69) is 35.4 Å². The molecule has 0 aromatic heterocycles. The largest absolute Gasteiger partial charge is 0.489 e. The lowest BCUT2D eigenvalue weighted by Gasteiger charge is -2.33. The number of guanidine groups is 1. The van der Waals surface area contributed by atoms with Crippen LogP contribution in [0.15, 0.2) is 29.3 Å². The van der Waals surface area contributed by atoms with Crippen LogP contribution in [0.2, 0.25) is 0 Å². The number of aliphatic imine (C=N–C) groups is 1. The molecule has 2 rings (SSSR count). The highest BCUT2D eigenvalue weighted by atomic mass is 16.5. The van der Waals surface area contributed by atoms with Crippen LogP contribution in [0.3, 0.4) is 0 Å². The van der Waals surface area contributed by atoms with Gasteiger partial charge >= 0.3 is 0 Å². The third kappa shape index (κ3) is 7.93. The van der Waals surface area contributed by atoms with Crippen molar-refractivity contribution in [2.24, 2.45) is 4.99 Å². The lowest BCUT2D eigenvalue weighted by Crippen LogP contribution is -2.50. The quantitative estimate of drug-likeness (QED) is 0.512. The number of nitrogens with one attached hydrogen (secondary N) is 2. The fourth-order valence-corrected chi connectivity index (χ4v) is 3.24. The van der Waals surface area contributed by atoms with Gasteiger partial charge in [-0.1, -0.05) is 18.2 Å². The summed E-state index contributed by atoms with van der Waals surface area (Å²) in [6, 6.07) is 8.41. The molecule has 0 spiro atoms. The van der Waals surface area contributed by atoms with Crippen LogP contribution < -0.4 is 15.4 Å². The Morgan fingerprint density at radius 1 is 1.31 bits per heavy atom. The number of aryl methyl sites for hydroxylation is 1. The average Bonchev–Trinajstić information content (AvgIpc) is 2.69. The number of likely N-dealkylation sites (N-methyl/N-ethyl adjacent to an activating group) is 1. The van der Waals surface area contributed by atoms with E-state index in [0.717, 1.165) is 49.7 Å². The zero-order valence-corrected chi connectivity index (χ0v) is 18.6. The van der Waals surface area contributed by atoms with Gasteiger partial charge in [-0.25, -0.2) is 4.99 Å². The molecule has 7 heteroatoms. The second-order valence-corrected chi connectivity index (χ2v) is 7.90. The lowest BCUT2D eigenvalue weighted by molar-refractivity contribution is -0.130. The fourth-order valence-electron chi connectivity index (χ4n) is 3.24. The summed E-state index contributed by atoms with van der Waals surface area (Å²) in [5.41, 5.74) is 1.13. The molecule has 1 atom stereocenters. The average molecular weight is 404 g/mol. The molecule has 162 valence electrons. The van der Waals surface area contributed by atoms with E-state index in [1.54, 1.807) is 19.0 Å². The van der Waals surface area contributed by atoms with Crippen molar-refractivity contribution >= 4 is 11.9 Å². The first-order chi connectivity index (χ1) is 13.9. The third-order valence-corrected chi connectivity index (χ3v) is 5.06. The van der Waals surface area contributed by atoms with Crippen molar-refractivity contribution in [3.05, 3.63) is 29.8 Å². The molecule has 7 nitrogen and oxygen atoms in total. The highest BCUT2D eigenvalue weighted by Crippen LogP contribution is 2.17. The Morgan fingerprint density at radius 3 is 2.62 bits per heavy atom. The second kappa shape index (κ2) is 11.7. The number of rotatable bonds is 8. The van der Waals surface area contributed by atoms with Crippen LogP contribution in [-0.4, -0.2) is 80.6 Å². The molecule has 1 amide bonds. The van der Waals surface area contributed by atoms with Gasteiger partial charge in [-0.05, 0) is 45.2 Å². The molecule has 2 N–H and O–H groups in total. The monoisotopic (exact) mass is 403 g/mol. The van der Waals surface area contributed by atoms with Crippen molar-refractivity contribution in [2.75, 3.05) is 46.8 Å². The number of piperidine rings is 1. The van der Waals surface area contributed by atoms with Crippen LogP contribution in [0, 0.1) is 6.92 Å². The number of ether oxygens (including phenoxy) is 1. The zero-order chi connectivity index (χ0) is 21.2. The first kappa shape index (κ1) is 23.0. The predicted molar refractivity (Wildman–Crippen MR) is 119 cm³/mol. The van der Waals surface area contributed by atoms with Gasteiger partial charge in [-0.15, -0.1) is 0 Å². The summed E-state index contributed by atoms with van der Waals surface area (Å²) in [4.78, 5) is 20.5. The maximum Gasteiger partial charge on any atom is 0.236 e. The molecule has 1 aromatic rings. The molecule has 1 heterocycles. The Morgan fingerprint density at radius 2 is 2.00 bits per heavy atom. The molecule has 1 fully saturated rings. The molecule has 0 radical (unpaired) electrons. The maximum absolute atomic E-state index is 11.9. The van der Waals surface area contributed by atoms with Crippen LogP contribution in [0.5, 0.6) is 5.75 Å². The van der Waals surface area contributed by atoms with Crippen molar-refractivity contribution in [2.45, 2.75) is 45.8 Å². The Bertz CT molecular complexity index is 669. The predicted octanol–water partition coefficient (Wildman–Crippen LogP) is 1.87. The molecular formula is C22H37N5O2.